The van der Waals surface area contributed by atoms with Crippen LogP contribution in [-0.4, -0.2) is 9.97 Å². The highest BCUT2D eigenvalue weighted by Gasteiger charge is 2.12. The Hall–Kier alpha value is -2.49. The lowest BCUT2D eigenvalue weighted by Gasteiger charge is -2.11. The number of benzene rings is 1. The molecule has 0 fully saturated rings. The fourth-order valence-electron chi connectivity index (χ4n) is 2.39. The smallest absolute Gasteiger partial charge is 0.124 e. The monoisotopic (exact) mass is 267 g/mol. The Balaban J connectivity index is 2.34. The number of nitrogens with zero attached hydrogens (tertiary/aromatic N) is 2. The van der Waals surface area contributed by atoms with Crippen LogP contribution in [0.4, 0.5) is 10.2 Å². The van der Waals surface area contributed by atoms with E-state index in [1.54, 1.807) is 18.3 Å². The van der Waals surface area contributed by atoms with Gasteiger partial charge < -0.3 is 5.73 Å². The van der Waals surface area contributed by atoms with Gasteiger partial charge in [0.25, 0.3) is 0 Å². The number of nitrogen functional groups attached to an aromatic ring is 1. The fraction of sp³-hybridized carbons (Fsp3) is 0.125. The lowest BCUT2D eigenvalue weighted by atomic mass is 9.99. The second kappa shape index (κ2) is 4.89. The summed E-state index contributed by atoms with van der Waals surface area (Å²) in [6, 6.07) is 10.3. The first kappa shape index (κ1) is 12.5. The van der Waals surface area contributed by atoms with Gasteiger partial charge in [-0.3, -0.25) is 4.98 Å². The second-order valence-electron chi connectivity index (χ2n) is 4.61. The zero-order chi connectivity index (χ0) is 14.1. The maximum Gasteiger partial charge on any atom is 0.124 e. The van der Waals surface area contributed by atoms with Crippen LogP contribution >= 0.6 is 0 Å². The van der Waals surface area contributed by atoms with Crippen molar-refractivity contribution < 1.29 is 4.39 Å². The highest BCUT2D eigenvalue weighted by atomic mass is 19.1. The first-order valence-corrected chi connectivity index (χ1v) is 6.49. The van der Waals surface area contributed by atoms with E-state index in [0.29, 0.717) is 5.82 Å². The van der Waals surface area contributed by atoms with E-state index in [0.717, 1.165) is 34.1 Å². The SMILES string of the molecule is CCc1nc(N)ccc1-c1cc(F)cc2cccnc12. The standard InChI is InChI=1S/C16H14FN3/c1-2-14-12(5-6-15(18)20-14)13-9-11(17)8-10-4-3-7-19-16(10)13/h3-9H,2H2,1H3,(H2,18,20). The van der Waals surface area contributed by atoms with Crippen molar-refractivity contribution in [1.29, 1.82) is 0 Å². The molecule has 0 radical (unpaired) electrons. The van der Waals surface area contributed by atoms with Crippen LogP contribution in [0, 0.1) is 5.82 Å². The van der Waals surface area contributed by atoms with Gasteiger partial charge in [0.2, 0.25) is 0 Å². The maximum absolute atomic E-state index is 13.8. The van der Waals surface area contributed by atoms with Crippen LogP contribution in [0.25, 0.3) is 22.0 Å². The molecule has 3 rings (SSSR count). The molecule has 20 heavy (non-hydrogen) atoms. The molecule has 0 aliphatic carbocycles. The number of aryl methyl sites for hydroxylation is 1. The average Bonchev–Trinajstić information content (AvgIpc) is 2.46. The van der Waals surface area contributed by atoms with Crippen LogP contribution in [-0.2, 0) is 6.42 Å². The zero-order valence-corrected chi connectivity index (χ0v) is 11.1. The van der Waals surface area contributed by atoms with Crippen molar-refractivity contribution in [2.45, 2.75) is 13.3 Å². The van der Waals surface area contributed by atoms with Gasteiger partial charge in [-0.05, 0) is 36.8 Å². The largest absolute Gasteiger partial charge is 0.384 e. The Kier molecular flexibility index (Phi) is 3.06. The molecular formula is C16H14FN3. The van der Waals surface area contributed by atoms with Crippen molar-refractivity contribution in [2.75, 3.05) is 5.73 Å². The van der Waals surface area contributed by atoms with Gasteiger partial charge >= 0.3 is 0 Å². The van der Waals surface area contributed by atoms with E-state index in [2.05, 4.69) is 9.97 Å². The molecule has 2 N–H and O–H groups in total. The summed E-state index contributed by atoms with van der Waals surface area (Å²) in [5.74, 6) is 0.193. The third-order valence-electron chi connectivity index (χ3n) is 3.29. The van der Waals surface area contributed by atoms with Gasteiger partial charge in [-0.25, -0.2) is 9.37 Å². The average molecular weight is 267 g/mol. The summed E-state index contributed by atoms with van der Waals surface area (Å²) >= 11 is 0. The molecule has 0 bridgehead atoms. The Morgan fingerprint density at radius 3 is 2.80 bits per heavy atom. The molecule has 2 heterocycles. The van der Waals surface area contributed by atoms with E-state index in [4.69, 9.17) is 5.73 Å². The minimum Gasteiger partial charge on any atom is -0.384 e. The van der Waals surface area contributed by atoms with E-state index in [1.165, 1.54) is 12.1 Å². The normalized spacial score (nSPS) is 10.9. The van der Waals surface area contributed by atoms with Crippen molar-refractivity contribution in [1.82, 2.24) is 9.97 Å². The Bertz CT molecular complexity index is 784. The molecule has 0 saturated carbocycles. The highest BCUT2D eigenvalue weighted by molar-refractivity contribution is 5.94. The molecule has 4 heteroatoms. The minimum atomic E-state index is -0.278. The molecule has 100 valence electrons. The van der Waals surface area contributed by atoms with E-state index < -0.39 is 0 Å². The molecule has 0 spiro atoms. The van der Waals surface area contributed by atoms with E-state index in [-0.39, 0.29) is 5.82 Å². The molecule has 0 aliphatic heterocycles. The number of pyridine rings is 2. The molecule has 1 aromatic carbocycles. The summed E-state index contributed by atoms with van der Waals surface area (Å²) in [6.07, 6.45) is 2.44. The van der Waals surface area contributed by atoms with Crippen molar-refractivity contribution >= 4 is 16.7 Å². The quantitative estimate of drug-likeness (QED) is 0.772. The number of nitrogens with two attached hydrogens (primary N) is 1. The molecule has 0 amide bonds. The van der Waals surface area contributed by atoms with Crippen molar-refractivity contribution in [3.63, 3.8) is 0 Å². The van der Waals surface area contributed by atoms with Gasteiger partial charge in [0.05, 0.1) is 11.2 Å². The van der Waals surface area contributed by atoms with E-state index in [9.17, 15) is 4.39 Å². The number of aromatic nitrogens is 2. The Labute approximate surface area is 116 Å². The van der Waals surface area contributed by atoms with Gasteiger partial charge in [-0.1, -0.05) is 13.0 Å². The van der Waals surface area contributed by atoms with Gasteiger partial charge in [0.1, 0.15) is 11.6 Å². The minimum absolute atomic E-state index is 0.278. The van der Waals surface area contributed by atoms with Crippen LogP contribution in [0.1, 0.15) is 12.6 Å². The molecule has 0 unspecified atom stereocenters. The van der Waals surface area contributed by atoms with Crippen molar-refractivity contribution in [3.8, 4) is 11.1 Å². The zero-order valence-electron chi connectivity index (χ0n) is 11.1. The third-order valence-corrected chi connectivity index (χ3v) is 3.29. The summed E-state index contributed by atoms with van der Waals surface area (Å²) in [6.45, 7) is 2.00. The topological polar surface area (TPSA) is 51.8 Å². The summed E-state index contributed by atoms with van der Waals surface area (Å²) in [5.41, 5.74) is 8.98. The maximum atomic E-state index is 13.8. The number of anilines is 1. The number of hydrogen-bond donors (Lipinski definition) is 1. The van der Waals surface area contributed by atoms with Crippen LogP contribution in [0.5, 0.6) is 0 Å². The third kappa shape index (κ3) is 2.09. The number of hydrogen-bond acceptors (Lipinski definition) is 3. The Morgan fingerprint density at radius 1 is 1.15 bits per heavy atom. The molecule has 2 aromatic heterocycles. The fourth-order valence-corrected chi connectivity index (χ4v) is 2.39. The predicted octanol–water partition coefficient (Wildman–Crippen LogP) is 3.58. The number of rotatable bonds is 2. The lowest BCUT2D eigenvalue weighted by Crippen LogP contribution is -1.98. The highest BCUT2D eigenvalue weighted by Crippen LogP contribution is 2.30. The molecule has 0 atom stereocenters. The van der Waals surface area contributed by atoms with Gasteiger partial charge in [0, 0.05) is 22.7 Å². The van der Waals surface area contributed by atoms with E-state index >= 15 is 0 Å². The number of halogens is 1. The van der Waals surface area contributed by atoms with Crippen LogP contribution in [0.3, 0.4) is 0 Å². The van der Waals surface area contributed by atoms with Crippen LogP contribution in [0.15, 0.2) is 42.6 Å². The van der Waals surface area contributed by atoms with Crippen molar-refractivity contribution in [3.05, 3.63) is 54.1 Å². The molecule has 3 aromatic rings. The molecule has 0 aliphatic rings. The summed E-state index contributed by atoms with van der Waals surface area (Å²) < 4.78 is 13.8. The summed E-state index contributed by atoms with van der Waals surface area (Å²) in [5, 5.41) is 0.779. The molecule has 0 saturated heterocycles. The van der Waals surface area contributed by atoms with Crippen LogP contribution < -0.4 is 5.73 Å². The van der Waals surface area contributed by atoms with Gasteiger partial charge in [-0.15, -0.1) is 0 Å². The second-order valence-corrected chi connectivity index (χ2v) is 4.61. The molecular weight excluding hydrogens is 253 g/mol. The number of fused-ring (bicyclic) bond motifs is 1. The lowest BCUT2D eigenvalue weighted by molar-refractivity contribution is 0.630. The van der Waals surface area contributed by atoms with Crippen LogP contribution in [0.2, 0.25) is 0 Å². The molecule has 3 nitrogen and oxygen atoms in total. The summed E-state index contributed by atoms with van der Waals surface area (Å²) in [7, 11) is 0. The first-order valence-electron chi connectivity index (χ1n) is 6.49. The van der Waals surface area contributed by atoms with Gasteiger partial charge in [-0.2, -0.15) is 0 Å². The predicted molar refractivity (Wildman–Crippen MR) is 78.7 cm³/mol. The van der Waals surface area contributed by atoms with E-state index in [1.807, 2.05) is 19.1 Å². The van der Waals surface area contributed by atoms with Crippen molar-refractivity contribution in [2.24, 2.45) is 0 Å². The Morgan fingerprint density at radius 2 is 2.00 bits per heavy atom. The van der Waals surface area contributed by atoms with Gasteiger partial charge in [0.15, 0.2) is 0 Å². The first-order chi connectivity index (χ1) is 9.69. The summed E-state index contributed by atoms with van der Waals surface area (Å²) in [4.78, 5) is 8.70.